The molecule has 22 heavy (non-hydrogen) atoms. The van der Waals surface area contributed by atoms with E-state index in [1.807, 2.05) is 27.7 Å². The van der Waals surface area contributed by atoms with Crippen molar-refractivity contribution >= 4 is 0 Å². The standard InChI is InChI=1S/C18H36O4/c1-7-8-9-18(6)14(21)12(19)16(2,3)10-11-17(4,5)13(20)15(18)22/h12-15,19-22H,7-11H2,1-6H3. The van der Waals surface area contributed by atoms with Crippen molar-refractivity contribution in [2.45, 2.75) is 98.1 Å². The van der Waals surface area contributed by atoms with Gasteiger partial charge in [0, 0.05) is 5.41 Å². The van der Waals surface area contributed by atoms with Crippen LogP contribution < -0.4 is 0 Å². The third-order valence-corrected chi connectivity index (χ3v) is 6.03. The van der Waals surface area contributed by atoms with Crippen LogP contribution in [0.3, 0.4) is 0 Å². The zero-order valence-corrected chi connectivity index (χ0v) is 15.1. The molecule has 4 heteroatoms. The van der Waals surface area contributed by atoms with Crippen molar-refractivity contribution in [3.63, 3.8) is 0 Å². The third-order valence-electron chi connectivity index (χ3n) is 6.03. The Hall–Kier alpha value is -0.160. The molecular weight excluding hydrogens is 280 g/mol. The van der Waals surface area contributed by atoms with Gasteiger partial charge in [-0.3, -0.25) is 0 Å². The van der Waals surface area contributed by atoms with Gasteiger partial charge in [-0.1, -0.05) is 54.4 Å². The summed E-state index contributed by atoms with van der Waals surface area (Å²) in [5, 5.41) is 43.1. The second-order valence-electron chi connectivity index (χ2n) is 8.87. The Morgan fingerprint density at radius 3 is 1.41 bits per heavy atom. The fraction of sp³-hybridized carbons (Fsp3) is 1.00. The molecule has 1 aliphatic rings. The van der Waals surface area contributed by atoms with E-state index in [9.17, 15) is 20.4 Å². The number of hydrogen-bond donors (Lipinski definition) is 4. The Bertz CT molecular complexity index is 336. The number of rotatable bonds is 3. The van der Waals surface area contributed by atoms with E-state index in [1.54, 1.807) is 6.92 Å². The molecule has 0 aromatic heterocycles. The predicted molar refractivity (Wildman–Crippen MR) is 88.5 cm³/mol. The molecule has 0 radical (unpaired) electrons. The lowest BCUT2D eigenvalue weighted by atomic mass is 9.66. The van der Waals surface area contributed by atoms with Gasteiger partial charge in [-0.05, 0) is 30.1 Å². The van der Waals surface area contributed by atoms with Gasteiger partial charge in [0.05, 0.1) is 24.4 Å². The van der Waals surface area contributed by atoms with Crippen LogP contribution in [-0.4, -0.2) is 44.8 Å². The lowest BCUT2D eigenvalue weighted by Gasteiger charge is -2.46. The van der Waals surface area contributed by atoms with Gasteiger partial charge in [0.2, 0.25) is 0 Å². The maximum atomic E-state index is 10.8. The summed E-state index contributed by atoms with van der Waals surface area (Å²) in [5.74, 6) is 0. The van der Waals surface area contributed by atoms with E-state index in [0.717, 1.165) is 12.8 Å². The van der Waals surface area contributed by atoms with Gasteiger partial charge in [0.15, 0.2) is 0 Å². The van der Waals surface area contributed by atoms with Crippen LogP contribution in [0.4, 0.5) is 0 Å². The van der Waals surface area contributed by atoms with E-state index in [0.29, 0.717) is 19.3 Å². The smallest absolute Gasteiger partial charge is 0.0883 e. The highest BCUT2D eigenvalue weighted by Crippen LogP contribution is 2.47. The van der Waals surface area contributed by atoms with Crippen LogP contribution in [0.15, 0.2) is 0 Å². The number of hydrogen-bond acceptors (Lipinski definition) is 4. The van der Waals surface area contributed by atoms with E-state index in [1.165, 1.54) is 0 Å². The lowest BCUT2D eigenvalue weighted by molar-refractivity contribution is -0.174. The molecule has 0 aliphatic heterocycles. The fourth-order valence-electron chi connectivity index (χ4n) is 3.54. The molecule has 0 aromatic carbocycles. The zero-order chi connectivity index (χ0) is 17.3. The fourth-order valence-corrected chi connectivity index (χ4v) is 3.54. The van der Waals surface area contributed by atoms with Gasteiger partial charge in [-0.15, -0.1) is 0 Å². The molecule has 4 nitrogen and oxygen atoms in total. The molecule has 0 spiro atoms. The Balaban J connectivity index is 3.30. The molecule has 132 valence electrons. The van der Waals surface area contributed by atoms with Crippen LogP contribution in [0.1, 0.15) is 73.6 Å². The average Bonchev–Trinajstić information content (AvgIpc) is 2.47. The molecule has 0 saturated heterocycles. The Labute approximate surface area is 135 Å². The number of aliphatic hydroxyl groups is 4. The van der Waals surface area contributed by atoms with E-state index in [2.05, 4.69) is 6.92 Å². The maximum Gasteiger partial charge on any atom is 0.0883 e. The Morgan fingerprint density at radius 1 is 0.727 bits per heavy atom. The van der Waals surface area contributed by atoms with Crippen molar-refractivity contribution in [1.29, 1.82) is 0 Å². The minimum atomic E-state index is -1.06. The van der Waals surface area contributed by atoms with Gasteiger partial charge in [-0.25, -0.2) is 0 Å². The molecule has 0 bridgehead atoms. The first-order chi connectivity index (χ1) is 9.90. The van der Waals surface area contributed by atoms with Crippen molar-refractivity contribution < 1.29 is 20.4 Å². The number of unbranched alkanes of at least 4 members (excludes halogenated alkanes) is 1. The molecule has 1 aliphatic carbocycles. The Kier molecular flexibility index (Phi) is 6.11. The van der Waals surface area contributed by atoms with E-state index >= 15 is 0 Å². The van der Waals surface area contributed by atoms with Crippen LogP contribution in [0.5, 0.6) is 0 Å². The van der Waals surface area contributed by atoms with Crippen molar-refractivity contribution in [1.82, 2.24) is 0 Å². The van der Waals surface area contributed by atoms with Crippen molar-refractivity contribution in [2.75, 3.05) is 0 Å². The van der Waals surface area contributed by atoms with Crippen LogP contribution in [0, 0.1) is 16.2 Å². The summed E-state index contributed by atoms with van der Waals surface area (Å²) in [5.41, 5.74) is -1.85. The maximum absolute atomic E-state index is 10.8. The van der Waals surface area contributed by atoms with Crippen molar-refractivity contribution in [3.05, 3.63) is 0 Å². The zero-order valence-electron chi connectivity index (χ0n) is 15.1. The highest BCUT2D eigenvalue weighted by molar-refractivity contribution is 5.03. The van der Waals surface area contributed by atoms with E-state index in [-0.39, 0.29) is 0 Å². The van der Waals surface area contributed by atoms with Gasteiger partial charge < -0.3 is 20.4 Å². The first-order valence-electron chi connectivity index (χ1n) is 8.62. The molecule has 4 N–H and O–H groups in total. The van der Waals surface area contributed by atoms with E-state index < -0.39 is 40.7 Å². The molecule has 4 atom stereocenters. The predicted octanol–water partition coefficient (Wildman–Crippen LogP) is 2.47. The highest BCUT2D eigenvalue weighted by atomic mass is 16.3. The molecule has 1 saturated carbocycles. The van der Waals surface area contributed by atoms with Crippen LogP contribution >= 0.6 is 0 Å². The summed E-state index contributed by atoms with van der Waals surface area (Å²) in [7, 11) is 0. The van der Waals surface area contributed by atoms with Gasteiger partial charge >= 0.3 is 0 Å². The molecular formula is C18H36O4. The quantitative estimate of drug-likeness (QED) is 0.645. The topological polar surface area (TPSA) is 80.9 Å². The van der Waals surface area contributed by atoms with Crippen LogP contribution in [0.2, 0.25) is 0 Å². The lowest BCUT2D eigenvalue weighted by Crippen LogP contribution is -2.56. The largest absolute Gasteiger partial charge is 0.390 e. The summed E-state index contributed by atoms with van der Waals surface area (Å²) in [6.07, 6.45) is -0.252. The molecule has 0 heterocycles. The molecule has 0 aromatic rings. The minimum absolute atomic E-state index is 0.464. The minimum Gasteiger partial charge on any atom is -0.390 e. The normalized spacial score (nSPS) is 42.3. The summed E-state index contributed by atoms with van der Waals surface area (Å²) < 4.78 is 0. The van der Waals surface area contributed by atoms with Gasteiger partial charge in [-0.2, -0.15) is 0 Å². The summed E-state index contributed by atoms with van der Waals surface area (Å²) in [6.45, 7) is 11.6. The molecule has 0 amide bonds. The summed E-state index contributed by atoms with van der Waals surface area (Å²) in [6, 6.07) is 0. The first-order valence-corrected chi connectivity index (χ1v) is 8.62. The second kappa shape index (κ2) is 6.76. The Morgan fingerprint density at radius 2 is 1.09 bits per heavy atom. The van der Waals surface area contributed by atoms with Gasteiger partial charge in [0.25, 0.3) is 0 Å². The average molecular weight is 316 g/mol. The van der Waals surface area contributed by atoms with Crippen molar-refractivity contribution in [3.8, 4) is 0 Å². The van der Waals surface area contributed by atoms with Crippen LogP contribution in [0.25, 0.3) is 0 Å². The first kappa shape index (κ1) is 19.9. The van der Waals surface area contributed by atoms with E-state index in [4.69, 9.17) is 0 Å². The van der Waals surface area contributed by atoms with Gasteiger partial charge in [0.1, 0.15) is 0 Å². The summed E-state index contributed by atoms with van der Waals surface area (Å²) >= 11 is 0. The molecule has 1 fully saturated rings. The van der Waals surface area contributed by atoms with Crippen molar-refractivity contribution in [2.24, 2.45) is 16.2 Å². The molecule has 4 unspecified atom stereocenters. The monoisotopic (exact) mass is 316 g/mol. The number of aliphatic hydroxyl groups excluding tert-OH is 4. The SMILES string of the molecule is CCCCC1(C)C(O)C(O)C(C)(C)CCC(C)(C)C(O)C1O. The summed E-state index contributed by atoms with van der Waals surface area (Å²) in [4.78, 5) is 0. The molecule has 1 rings (SSSR count). The third kappa shape index (κ3) is 3.66. The van der Waals surface area contributed by atoms with Crippen LogP contribution in [-0.2, 0) is 0 Å². The second-order valence-corrected chi connectivity index (χ2v) is 8.87. The highest BCUT2D eigenvalue weighted by Gasteiger charge is 2.53.